The predicted molar refractivity (Wildman–Crippen MR) is 137 cm³/mol. The second-order valence-corrected chi connectivity index (χ2v) is 9.34. The van der Waals surface area contributed by atoms with E-state index in [4.69, 9.17) is 26.5 Å². The highest BCUT2D eigenvalue weighted by atomic mass is 35.5. The number of pyridine rings is 1. The third kappa shape index (κ3) is 5.09. The van der Waals surface area contributed by atoms with Crippen LogP contribution in [0.3, 0.4) is 0 Å². The number of oxime groups is 1. The molecule has 0 radical (unpaired) electrons. The fourth-order valence-electron chi connectivity index (χ4n) is 4.58. The summed E-state index contributed by atoms with van der Waals surface area (Å²) in [7, 11) is 0. The second-order valence-electron chi connectivity index (χ2n) is 8.90. The fraction of sp³-hybridized carbons (Fsp3) is 0.296. The molecule has 0 spiro atoms. The van der Waals surface area contributed by atoms with Gasteiger partial charge in [0, 0.05) is 42.3 Å². The molecule has 0 amide bonds. The molecule has 1 aromatic carbocycles. The molecular formula is C27H25ClN4O4. The first-order valence-electron chi connectivity index (χ1n) is 11.9. The molecule has 0 saturated carbocycles. The first-order valence-corrected chi connectivity index (χ1v) is 12.3. The molecule has 3 aromatic rings. The van der Waals surface area contributed by atoms with Crippen LogP contribution in [0.4, 0.5) is 0 Å². The Balaban J connectivity index is 1.47. The first-order chi connectivity index (χ1) is 17.5. The number of carboxylic acid groups (broad SMARTS) is 1. The molecule has 1 aliphatic heterocycles. The van der Waals surface area contributed by atoms with Gasteiger partial charge in [-0.05, 0) is 55.2 Å². The third-order valence-electron chi connectivity index (χ3n) is 6.46. The quantitative estimate of drug-likeness (QED) is 0.429. The van der Waals surface area contributed by atoms with Gasteiger partial charge >= 0.3 is 5.97 Å². The van der Waals surface area contributed by atoms with Crippen LogP contribution < -0.4 is 5.56 Å². The average Bonchev–Trinajstić information content (AvgIpc) is 3.38. The number of benzene rings is 1. The Bertz CT molecular complexity index is 1450. The van der Waals surface area contributed by atoms with Crippen LogP contribution in [0.5, 0.6) is 0 Å². The Kier molecular flexibility index (Phi) is 6.95. The molecule has 2 unspecified atom stereocenters. The lowest BCUT2D eigenvalue weighted by Gasteiger charge is -2.22. The predicted octanol–water partition coefficient (Wildman–Crippen LogP) is 5.08. The molecule has 0 saturated heterocycles. The molecule has 184 valence electrons. The van der Waals surface area contributed by atoms with E-state index in [0.717, 1.165) is 16.8 Å². The number of fused-ring (bicyclic) bond motifs is 1. The van der Waals surface area contributed by atoms with Crippen molar-refractivity contribution in [3.8, 4) is 0 Å². The molecule has 0 bridgehead atoms. The highest BCUT2D eigenvalue weighted by Gasteiger charge is 2.25. The van der Waals surface area contributed by atoms with Crippen molar-refractivity contribution in [1.82, 2.24) is 14.5 Å². The van der Waals surface area contributed by atoms with Crippen LogP contribution in [0.25, 0.3) is 10.9 Å². The summed E-state index contributed by atoms with van der Waals surface area (Å²) in [5, 5.41) is 14.4. The van der Waals surface area contributed by atoms with E-state index in [9.17, 15) is 9.59 Å². The standard InChI is InChI=1S/C27H25ClN4O4/c28-19-6-8-20(9-7-19)32-25(3-1-2-4-26(33)34)30-23-15-18(5-10-21(23)27(32)35)22-16-24(36-31-22)17-11-13-29-14-12-17/h5-8,10-15,20,24H,1-4,9,16H2,(H,33,34). The molecular weight excluding hydrogens is 480 g/mol. The number of nitrogens with zero attached hydrogens (tertiary/aromatic N) is 4. The number of aliphatic carboxylic acids is 1. The van der Waals surface area contributed by atoms with Gasteiger partial charge in [0.2, 0.25) is 0 Å². The lowest BCUT2D eigenvalue weighted by Crippen LogP contribution is -2.29. The van der Waals surface area contributed by atoms with Gasteiger partial charge in [-0.3, -0.25) is 19.1 Å². The van der Waals surface area contributed by atoms with Crippen LogP contribution in [0.15, 0.2) is 75.9 Å². The smallest absolute Gasteiger partial charge is 0.303 e. The van der Waals surface area contributed by atoms with Gasteiger partial charge in [-0.25, -0.2) is 4.98 Å². The number of hydrogen-bond donors (Lipinski definition) is 1. The van der Waals surface area contributed by atoms with E-state index in [1.807, 2.05) is 36.4 Å². The van der Waals surface area contributed by atoms with E-state index in [1.54, 1.807) is 29.1 Å². The Labute approximate surface area is 212 Å². The maximum atomic E-state index is 13.6. The number of aryl methyl sites for hydroxylation is 1. The van der Waals surface area contributed by atoms with Gasteiger partial charge in [0.25, 0.3) is 5.56 Å². The summed E-state index contributed by atoms with van der Waals surface area (Å²) in [5.41, 5.74) is 3.12. The molecule has 36 heavy (non-hydrogen) atoms. The summed E-state index contributed by atoms with van der Waals surface area (Å²) in [6.07, 6.45) is 11.8. The summed E-state index contributed by atoms with van der Waals surface area (Å²) >= 11 is 6.10. The largest absolute Gasteiger partial charge is 0.481 e. The van der Waals surface area contributed by atoms with Crippen LogP contribution in [0, 0.1) is 0 Å². The van der Waals surface area contributed by atoms with Gasteiger partial charge < -0.3 is 9.94 Å². The zero-order valence-electron chi connectivity index (χ0n) is 19.5. The van der Waals surface area contributed by atoms with Gasteiger partial charge in [-0.2, -0.15) is 0 Å². The van der Waals surface area contributed by atoms with Crippen LogP contribution in [0.1, 0.15) is 61.2 Å². The zero-order chi connectivity index (χ0) is 25.1. The van der Waals surface area contributed by atoms with E-state index in [0.29, 0.717) is 53.9 Å². The summed E-state index contributed by atoms with van der Waals surface area (Å²) in [6, 6.07) is 9.18. The number of carbonyl (C=O) groups is 1. The van der Waals surface area contributed by atoms with Crippen LogP contribution in [-0.4, -0.2) is 31.3 Å². The molecule has 3 heterocycles. The number of allylic oxidation sites excluding steroid dienone is 4. The van der Waals surface area contributed by atoms with Crippen molar-refractivity contribution in [2.45, 2.75) is 50.7 Å². The van der Waals surface area contributed by atoms with Gasteiger partial charge in [-0.1, -0.05) is 35.0 Å². The Morgan fingerprint density at radius 1 is 1.19 bits per heavy atom. The summed E-state index contributed by atoms with van der Waals surface area (Å²) in [5.74, 6) is -0.196. The monoisotopic (exact) mass is 504 g/mol. The summed E-state index contributed by atoms with van der Waals surface area (Å²) < 4.78 is 1.72. The van der Waals surface area contributed by atoms with Crippen LogP contribution in [0.2, 0.25) is 0 Å². The topological polar surface area (TPSA) is 107 Å². The van der Waals surface area contributed by atoms with Gasteiger partial charge in [0.15, 0.2) is 6.10 Å². The zero-order valence-corrected chi connectivity index (χ0v) is 20.3. The minimum absolute atomic E-state index is 0.0854. The number of halogens is 1. The number of hydrogen-bond acceptors (Lipinski definition) is 6. The number of rotatable bonds is 8. The van der Waals surface area contributed by atoms with Crippen molar-refractivity contribution in [2.75, 3.05) is 0 Å². The Hall–Kier alpha value is -3.78. The fourth-order valence-corrected chi connectivity index (χ4v) is 4.74. The molecule has 1 aliphatic carbocycles. The van der Waals surface area contributed by atoms with Gasteiger partial charge in [-0.15, -0.1) is 0 Å². The number of carboxylic acids is 1. The molecule has 2 aliphatic rings. The van der Waals surface area contributed by atoms with E-state index in [1.165, 1.54) is 0 Å². The average molecular weight is 505 g/mol. The Morgan fingerprint density at radius 2 is 2.03 bits per heavy atom. The molecule has 9 heteroatoms. The van der Waals surface area contributed by atoms with Gasteiger partial charge in [0.05, 0.1) is 22.7 Å². The van der Waals surface area contributed by atoms with Crippen LogP contribution in [-0.2, 0) is 16.1 Å². The molecule has 1 N–H and O–H groups in total. The van der Waals surface area contributed by atoms with Crippen molar-refractivity contribution in [3.63, 3.8) is 0 Å². The molecule has 5 rings (SSSR count). The van der Waals surface area contributed by atoms with Crippen molar-refractivity contribution < 1.29 is 14.7 Å². The normalized spacial score (nSPS) is 19.1. The Morgan fingerprint density at radius 3 is 2.78 bits per heavy atom. The van der Waals surface area contributed by atoms with E-state index in [-0.39, 0.29) is 24.1 Å². The lowest BCUT2D eigenvalue weighted by atomic mass is 10.00. The maximum Gasteiger partial charge on any atom is 0.303 e. The summed E-state index contributed by atoms with van der Waals surface area (Å²) in [6.45, 7) is 0. The van der Waals surface area contributed by atoms with Gasteiger partial charge in [0.1, 0.15) is 5.82 Å². The van der Waals surface area contributed by atoms with E-state index >= 15 is 0 Å². The van der Waals surface area contributed by atoms with Crippen LogP contribution >= 0.6 is 11.6 Å². The lowest BCUT2D eigenvalue weighted by molar-refractivity contribution is -0.137. The molecule has 2 atom stereocenters. The van der Waals surface area contributed by atoms with Crippen molar-refractivity contribution >= 4 is 34.2 Å². The number of unbranched alkanes of at least 4 members (excludes halogenated alkanes) is 1. The summed E-state index contributed by atoms with van der Waals surface area (Å²) in [4.78, 5) is 39.1. The third-order valence-corrected chi connectivity index (χ3v) is 6.74. The van der Waals surface area contributed by atoms with Crippen molar-refractivity contribution in [1.29, 1.82) is 0 Å². The minimum atomic E-state index is -0.830. The first kappa shape index (κ1) is 23.9. The number of aromatic nitrogens is 3. The highest BCUT2D eigenvalue weighted by molar-refractivity contribution is 6.31. The molecule has 8 nitrogen and oxygen atoms in total. The van der Waals surface area contributed by atoms with Crippen molar-refractivity contribution in [3.05, 3.63) is 93.3 Å². The maximum absolute atomic E-state index is 13.6. The minimum Gasteiger partial charge on any atom is -0.481 e. The molecule has 0 fully saturated rings. The highest BCUT2D eigenvalue weighted by Crippen LogP contribution is 2.30. The van der Waals surface area contributed by atoms with E-state index in [2.05, 4.69) is 10.1 Å². The molecule has 2 aromatic heterocycles. The second kappa shape index (κ2) is 10.5. The van der Waals surface area contributed by atoms with E-state index < -0.39 is 5.97 Å². The van der Waals surface area contributed by atoms with Crippen molar-refractivity contribution in [2.24, 2.45) is 5.16 Å². The SMILES string of the molecule is O=C(O)CCCCc1nc2cc(C3=NOC(c4ccncc4)C3)ccc2c(=O)n1C1C=CC(Cl)=CC1.